The van der Waals surface area contributed by atoms with E-state index in [9.17, 15) is 9.59 Å². The third kappa shape index (κ3) is 7.41. The molecule has 0 bridgehead atoms. The molecule has 264 valence electrons. The van der Waals surface area contributed by atoms with Gasteiger partial charge in [0.25, 0.3) is 0 Å². The van der Waals surface area contributed by atoms with Crippen LogP contribution >= 0.6 is 0 Å². The van der Waals surface area contributed by atoms with E-state index in [0.29, 0.717) is 38.6 Å². The number of carbonyl (C=O) groups is 2. The number of nitrogens with one attached hydrogen (secondary N) is 1. The van der Waals surface area contributed by atoms with Gasteiger partial charge in [-0.25, -0.2) is 9.97 Å². The van der Waals surface area contributed by atoms with Crippen molar-refractivity contribution in [3.8, 4) is 28.5 Å². The zero-order valence-electron chi connectivity index (χ0n) is 29.7. The standard InChI is InChI=1S/C39H45N9O3/c1-5-47-25-41-38(44-47)29-9-7-27(8-10-29)28-16-19-46(20-17-28)36(49)24-45-18-15-31(23-45)39(50)48(6-2)32-12-13-34-33(21-32)37(43-42-34)30-11-14-35(40-22-30)51-26(3)4/h7-14,16,21-22,25-26,31H,5-6,15,17-20,23-24H2,1-4H3,(H,42,43). The van der Waals surface area contributed by atoms with Crippen molar-refractivity contribution in [3.05, 3.63) is 78.8 Å². The molecular weight excluding hydrogens is 642 g/mol. The van der Waals surface area contributed by atoms with E-state index in [1.54, 1.807) is 12.5 Å². The van der Waals surface area contributed by atoms with Crippen LogP contribution in [0.3, 0.4) is 0 Å². The summed E-state index contributed by atoms with van der Waals surface area (Å²) >= 11 is 0. The van der Waals surface area contributed by atoms with Crippen LogP contribution in [0.1, 0.15) is 46.1 Å². The molecule has 2 aromatic carbocycles. The monoisotopic (exact) mass is 687 g/mol. The molecule has 2 aliphatic rings. The quantitative estimate of drug-likeness (QED) is 0.188. The molecule has 2 amide bonds. The molecule has 12 nitrogen and oxygen atoms in total. The van der Waals surface area contributed by atoms with E-state index in [1.165, 1.54) is 5.57 Å². The largest absolute Gasteiger partial charge is 0.475 e. The molecule has 3 aromatic heterocycles. The van der Waals surface area contributed by atoms with Gasteiger partial charge < -0.3 is 14.5 Å². The van der Waals surface area contributed by atoms with Gasteiger partial charge in [0.1, 0.15) is 12.0 Å². The average molecular weight is 688 g/mol. The number of aromatic amines is 1. The first kappa shape index (κ1) is 34.1. The average Bonchev–Trinajstić information content (AvgIpc) is 3.93. The van der Waals surface area contributed by atoms with Crippen LogP contribution in [0, 0.1) is 5.92 Å². The fourth-order valence-electron chi connectivity index (χ4n) is 6.95. The van der Waals surface area contributed by atoms with Crippen molar-refractivity contribution in [3.63, 3.8) is 0 Å². The number of aromatic nitrogens is 6. The molecule has 1 unspecified atom stereocenters. The molecule has 0 aliphatic carbocycles. The van der Waals surface area contributed by atoms with Crippen molar-refractivity contribution in [2.75, 3.05) is 44.2 Å². The summed E-state index contributed by atoms with van der Waals surface area (Å²) in [4.78, 5) is 42.0. The molecule has 1 fully saturated rings. The molecular formula is C39H45N9O3. The van der Waals surface area contributed by atoms with Crippen molar-refractivity contribution < 1.29 is 14.3 Å². The smallest absolute Gasteiger partial charge is 0.237 e. The van der Waals surface area contributed by atoms with E-state index in [0.717, 1.165) is 70.7 Å². The summed E-state index contributed by atoms with van der Waals surface area (Å²) in [6.45, 7) is 12.2. The fraction of sp³-hybridized carbons (Fsp3) is 0.385. The molecule has 12 heteroatoms. The fourth-order valence-corrected chi connectivity index (χ4v) is 6.95. The van der Waals surface area contributed by atoms with Gasteiger partial charge in [-0.2, -0.15) is 10.2 Å². The number of hydrogen-bond acceptors (Lipinski definition) is 8. The van der Waals surface area contributed by atoms with Crippen LogP contribution in [0.25, 0.3) is 39.1 Å². The van der Waals surface area contributed by atoms with Crippen molar-refractivity contribution in [1.82, 2.24) is 39.7 Å². The summed E-state index contributed by atoms with van der Waals surface area (Å²) in [5, 5.41) is 13.1. The second-order valence-electron chi connectivity index (χ2n) is 13.5. The van der Waals surface area contributed by atoms with Crippen molar-refractivity contribution in [2.45, 2.75) is 53.2 Å². The molecule has 7 rings (SSSR count). The molecule has 2 aliphatic heterocycles. The van der Waals surface area contributed by atoms with E-state index >= 15 is 0 Å². The van der Waals surface area contributed by atoms with Crippen LogP contribution in [0.15, 0.2) is 73.2 Å². The van der Waals surface area contributed by atoms with E-state index in [-0.39, 0.29) is 23.8 Å². The van der Waals surface area contributed by atoms with E-state index < -0.39 is 0 Å². The number of anilines is 1. The van der Waals surface area contributed by atoms with Crippen LogP contribution < -0.4 is 9.64 Å². The summed E-state index contributed by atoms with van der Waals surface area (Å²) in [5.74, 6) is 1.31. The maximum absolute atomic E-state index is 13.9. The molecule has 0 saturated carbocycles. The van der Waals surface area contributed by atoms with Gasteiger partial charge in [0.05, 0.1) is 24.1 Å². The number of fused-ring (bicyclic) bond motifs is 1. The Labute approximate surface area is 298 Å². The third-order valence-corrected chi connectivity index (χ3v) is 9.72. The molecule has 1 N–H and O–H groups in total. The SMILES string of the molecule is CCN(C(=O)C1CCN(CC(=O)N2CC=C(c3ccc(-c4ncn(CC)n4)cc3)CC2)C1)c1ccc2[nH]nc(-c3ccc(OC(C)C)nc3)c2c1. The van der Waals surface area contributed by atoms with E-state index in [2.05, 4.69) is 60.5 Å². The van der Waals surface area contributed by atoms with Gasteiger partial charge in [-0.15, -0.1) is 0 Å². The predicted molar refractivity (Wildman–Crippen MR) is 198 cm³/mol. The lowest BCUT2D eigenvalue weighted by Crippen LogP contribution is -2.42. The summed E-state index contributed by atoms with van der Waals surface area (Å²) in [6, 6.07) is 18.1. The highest BCUT2D eigenvalue weighted by Crippen LogP contribution is 2.32. The second-order valence-corrected chi connectivity index (χ2v) is 13.5. The highest BCUT2D eigenvalue weighted by Gasteiger charge is 2.33. The van der Waals surface area contributed by atoms with E-state index in [4.69, 9.17) is 4.74 Å². The number of amides is 2. The van der Waals surface area contributed by atoms with Crippen LogP contribution in [0.5, 0.6) is 5.88 Å². The number of H-pyrrole nitrogens is 1. The zero-order valence-corrected chi connectivity index (χ0v) is 29.7. The number of carbonyl (C=O) groups excluding carboxylic acids is 2. The number of nitrogens with zero attached hydrogens (tertiary/aromatic N) is 8. The minimum atomic E-state index is -0.170. The Bertz CT molecular complexity index is 2030. The maximum atomic E-state index is 13.9. The van der Waals surface area contributed by atoms with Crippen LogP contribution in [0.4, 0.5) is 5.69 Å². The number of ether oxygens (including phenoxy) is 1. The highest BCUT2D eigenvalue weighted by atomic mass is 16.5. The van der Waals surface area contributed by atoms with Crippen molar-refractivity contribution in [1.29, 1.82) is 0 Å². The zero-order chi connectivity index (χ0) is 35.5. The molecule has 5 heterocycles. The summed E-state index contributed by atoms with van der Waals surface area (Å²) in [7, 11) is 0. The van der Waals surface area contributed by atoms with Gasteiger partial charge in [-0.05, 0) is 82.5 Å². The molecule has 0 spiro atoms. The summed E-state index contributed by atoms with van der Waals surface area (Å²) in [6.07, 6.45) is 7.24. The first-order chi connectivity index (χ1) is 24.8. The topological polar surface area (TPSA) is 125 Å². The van der Waals surface area contributed by atoms with Crippen molar-refractivity contribution in [2.24, 2.45) is 5.92 Å². The number of likely N-dealkylation sites (tertiary alicyclic amines) is 1. The third-order valence-electron chi connectivity index (χ3n) is 9.72. The molecule has 0 radical (unpaired) electrons. The highest BCUT2D eigenvalue weighted by molar-refractivity contribution is 6.00. The number of aryl methyl sites for hydroxylation is 1. The van der Waals surface area contributed by atoms with Crippen LogP contribution in [-0.2, 0) is 16.1 Å². The Hall–Kier alpha value is -5.36. The normalized spacial score (nSPS) is 16.5. The molecule has 51 heavy (non-hydrogen) atoms. The van der Waals surface area contributed by atoms with Gasteiger partial charge in [0, 0.05) is 67.2 Å². The molecule has 1 atom stereocenters. The lowest BCUT2D eigenvalue weighted by Gasteiger charge is -2.29. The Balaban J connectivity index is 0.947. The van der Waals surface area contributed by atoms with Gasteiger partial charge in [-0.3, -0.25) is 24.3 Å². The lowest BCUT2D eigenvalue weighted by atomic mass is 9.98. The van der Waals surface area contributed by atoms with Crippen LogP contribution in [-0.4, -0.2) is 96.9 Å². The first-order valence-corrected chi connectivity index (χ1v) is 17.9. The Kier molecular flexibility index (Phi) is 9.94. The van der Waals surface area contributed by atoms with Gasteiger partial charge >= 0.3 is 0 Å². The number of hydrogen-bond donors (Lipinski definition) is 1. The predicted octanol–water partition coefficient (Wildman–Crippen LogP) is 5.68. The number of pyridine rings is 1. The summed E-state index contributed by atoms with van der Waals surface area (Å²) < 4.78 is 7.52. The van der Waals surface area contributed by atoms with Crippen LogP contribution in [0.2, 0.25) is 0 Å². The van der Waals surface area contributed by atoms with Crippen molar-refractivity contribution >= 4 is 34.0 Å². The summed E-state index contributed by atoms with van der Waals surface area (Å²) in [5.41, 5.74) is 6.75. The molecule has 1 saturated heterocycles. The minimum Gasteiger partial charge on any atom is -0.475 e. The number of benzene rings is 2. The van der Waals surface area contributed by atoms with Gasteiger partial charge in [0.15, 0.2) is 5.82 Å². The first-order valence-electron chi connectivity index (χ1n) is 17.9. The van der Waals surface area contributed by atoms with Gasteiger partial charge in [0.2, 0.25) is 17.7 Å². The molecule has 5 aromatic rings. The maximum Gasteiger partial charge on any atom is 0.237 e. The lowest BCUT2D eigenvalue weighted by molar-refractivity contribution is -0.132. The Morgan fingerprint density at radius 1 is 1.00 bits per heavy atom. The Morgan fingerprint density at radius 3 is 2.49 bits per heavy atom. The second kappa shape index (κ2) is 14.9. The number of rotatable bonds is 11. The van der Waals surface area contributed by atoms with E-state index in [1.807, 2.05) is 72.5 Å². The Morgan fingerprint density at radius 2 is 1.80 bits per heavy atom. The minimum absolute atomic E-state index is 0.0418. The van der Waals surface area contributed by atoms with Gasteiger partial charge in [-0.1, -0.05) is 30.3 Å².